The van der Waals surface area contributed by atoms with Gasteiger partial charge in [-0.2, -0.15) is 0 Å². The molecular formula is C15H13NS2. The number of thiophene rings is 1. The van der Waals surface area contributed by atoms with Crippen molar-refractivity contribution in [3.05, 3.63) is 51.5 Å². The van der Waals surface area contributed by atoms with Gasteiger partial charge in [0, 0.05) is 26.3 Å². The van der Waals surface area contributed by atoms with Crippen molar-refractivity contribution in [1.82, 2.24) is 4.98 Å². The highest BCUT2D eigenvalue weighted by Gasteiger charge is 2.10. The predicted octanol–water partition coefficient (Wildman–Crippen LogP) is 5.16. The van der Waals surface area contributed by atoms with Crippen LogP contribution in [0.2, 0.25) is 0 Å². The third kappa shape index (κ3) is 2.11. The lowest BCUT2D eigenvalue weighted by Crippen LogP contribution is -1.78. The minimum Gasteiger partial charge on any atom is -0.236 e. The second-order valence-electron chi connectivity index (χ2n) is 4.23. The van der Waals surface area contributed by atoms with Crippen LogP contribution in [0.15, 0.2) is 41.8 Å². The topological polar surface area (TPSA) is 12.9 Å². The molecule has 0 saturated heterocycles. The molecule has 3 heteroatoms. The Morgan fingerprint density at radius 1 is 1.06 bits per heavy atom. The molecule has 18 heavy (non-hydrogen) atoms. The number of hydrogen-bond acceptors (Lipinski definition) is 3. The molecule has 2 heterocycles. The third-order valence-corrected chi connectivity index (χ3v) is 4.70. The van der Waals surface area contributed by atoms with Gasteiger partial charge >= 0.3 is 0 Å². The third-order valence-electron chi connectivity index (χ3n) is 2.84. The lowest BCUT2D eigenvalue weighted by atomic mass is 10.2. The smallest absolute Gasteiger partial charge is 0.124 e. The van der Waals surface area contributed by atoms with E-state index in [9.17, 15) is 0 Å². The van der Waals surface area contributed by atoms with Gasteiger partial charge in [-0.25, -0.2) is 4.98 Å². The summed E-state index contributed by atoms with van der Waals surface area (Å²) in [6.45, 7) is 4.31. The van der Waals surface area contributed by atoms with Crippen LogP contribution < -0.4 is 0 Å². The monoisotopic (exact) mass is 271 g/mol. The summed E-state index contributed by atoms with van der Waals surface area (Å²) in [5.74, 6) is 0. The van der Waals surface area contributed by atoms with E-state index in [-0.39, 0.29) is 0 Å². The number of aryl methyl sites for hydroxylation is 2. The zero-order valence-electron chi connectivity index (χ0n) is 10.3. The van der Waals surface area contributed by atoms with Gasteiger partial charge in [-0.3, -0.25) is 0 Å². The summed E-state index contributed by atoms with van der Waals surface area (Å²) in [6, 6.07) is 12.6. The highest BCUT2D eigenvalue weighted by atomic mass is 32.1. The molecule has 0 unspecified atom stereocenters. The van der Waals surface area contributed by atoms with Crippen LogP contribution in [-0.4, -0.2) is 4.98 Å². The van der Waals surface area contributed by atoms with Crippen LogP contribution in [0.3, 0.4) is 0 Å². The molecule has 0 aliphatic rings. The molecule has 0 spiro atoms. The average molecular weight is 271 g/mol. The SMILES string of the molecule is Cc1cc(-c2csc(-c3ccccc3)n2)c(C)s1. The molecule has 0 bridgehead atoms. The lowest BCUT2D eigenvalue weighted by molar-refractivity contribution is 1.39. The maximum absolute atomic E-state index is 4.75. The van der Waals surface area contributed by atoms with Crippen molar-refractivity contribution in [3.8, 4) is 21.8 Å². The van der Waals surface area contributed by atoms with Crippen LogP contribution in [-0.2, 0) is 0 Å². The Labute approximate surface area is 115 Å². The van der Waals surface area contributed by atoms with E-state index in [0.717, 1.165) is 10.7 Å². The quantitative estimate of drug-likeness (QED) is 0.627. The fourth-order valence-electron chi connectivity index (χ4n) is 2.00. The van der Waals surface area contributed by atoms with E-state index < -0.39 is 0 Å². The summed E-state index contributed by atoms with van der Waals surface area (Å²) in [5.41, 5.74) is 3.56. The Hall–Kier alpha value is -1.45. The molecule has 1 aromatic carbocycles. The standard InChI is InChI=1S/C15H13NS2/c1-10-8-13(11(2)18-10)14-9-17-15(16-14)12-6-4-3-5-7-12/h3-9H,1-2H3. The van der Waals surface area contributed by atoms with Crippen LogP contribution >= 0.6 is 22.7 Å². The van der Waals surface area contributed by atoms with E-state index in [1.807, 2.05) is 17.4 Å². The Balaban J connectivity index is 2.02. The molecule has 0 amide bonds. The molecule has 0 aliphatic carbocycles. The van der Waals surface area contributed by atoms with E-state index in [1.165, 1.54) is 20.9 Å². The molecule has 3 rings (SSSR count). The van der Waals surface area contributed by atoms with Gasteiger partial charge in [0.15, 0.2) is 0 Å². The first-order chi connectivity index (χ1) is 8.74. The molecule has 0 saturated carbocycles. The minimum absolute atomic E-state index is 1.09. The maximum Gasteiger partial charge on any atom is 0.124 e. The van der Waals surface area contributed by atoms with Gasteiger partial charge < -0.3 is 0 Å². The number of rotatable bonds is 2. The highest BCUT2D eigenvalue weighted by Crippen LogP contribution is 2.33. The summed E-state index contributed by atoms with van der Waals surface area (Å²) in [7, 11) is 0. The van der Waals surface area contributed by atoms with Gasteiger partial charge in [0.05, 0.1) is 5.69 Å². The zero-order chi connectivity index (χ0) is 12.5. The molecule has 0 N–H and O–H groups in total. The van der Waals surface area contributed by atoms with Gasteiger partial charge in [-0.05, 0) is 19.9 Å². The zero-order valence-corrected chi connectivity index (χ0v) is 11.9. The van der Waals surface area contributed by atoms with Gasteiger partial charge in [0.2, 0.25) is 0 Å². The Morgan fingerprint density at radius 2 is 1.83 bits per heavy atom. The summed E-state index contributed by atoms with van der Waals surface area (Å²) in [5, 5.41) is 3.24. The van der Waals surface area contributed by atoms with E-state index in [2.05, 4.69) is 49.6 Å². The van der Waals surface area contributed by atoms with Crippen molar-refractivity contribution >= 4 is 22.7 Å². The summed E-state index contributed by atoms with van der Waals surface area (Å²) in [4.78, 5) is 7.44. The normalized spacial score (nSPS) is 10.8. The number of thiazole rings is 1. The first-order valence-corrected chi connectivity index (χ1v) is 7.52. The average Bonchev–Trinajstić information content (AvgIpc) is 2.97. The molecule has 0 fully saturated rings. The van der Waals surface area contributed by atoms with Gasteiger partial charge in [0.25, 0.3) is 0 Å². The summed E-state index contributed by atoms with van der Waals surface area (Å²) >= 11 is 3.54. The van der Waals surface area contributed by atoms with Crippen LogP contribution in [0.5, 0.6) is 0 Å². The van der Waals surface area contributed by atoms with E-state index in [0.29, 0.717) is 0 Å². The van der Waals surface area contributed by atoms with Crippen molar-refractivity contribution < 1.29 is 0 Å². The Kier molecular flexibility index (Phi) is 3.02. The van der Waals surface area contributed by atoms with E-state index in [1.54, 1.807) is 11.3 Å². The van der Waals surface area contributed by atoms with Crippen molar-refractivity contribution in [2.75, 3.05) is 0 Å². The fourth-order valence-corrected chi connectivity index (χ4v) is 3.76. The molecule has 1 nitrogen and oxygen atoms in total. The molecule has 0 radical (unpaired) electrons. The molecule has 3 aromatic rings. The maximum atomic E-state index is 4.75. The van der Waals surface area contributed by atoms with Gasteiger partial charge in [-0.15, -0.1) is 22.7 Å². The first-order valence-electron chi connectivity index (χ1n) is 5.82. The highest BCUT2D eigenvalue weighted by molar-refractivity contribution is 7.14. The number of hydrogen-bond donors (Lipinski definition) is 0. The lowest BCUT2D eigenvalue weighted by Gasteiger charge is -1.95. The molecular weight excluding hydrogens is 258 g/mol. The molecule has 0 aliphatic heterocycles. The summed E-state index contributed by atoms with van der Waals surface area (Å²) in [6.07, 6.45) is 0. The van der Waals surface area contributed by atoms with E-state index >= 15 is 0 Å². The first kappa shape index (κ1) is 11.6. The largest absolute Gasteiger partial charge is 0.236 e. The number of benzene rings is 1. The van der Waals surface area contributed by atoms with E-state index in [4.69, 9.17) is 4.98 Å². The molecule has 0 atom stereocenters. The minimum atomic E-state index is 1.09. The van der Waals surface area contributed by atoms with Crippen LogP contribution in [0.1, 0.15) is 9.75 Å². The second kappa shape index (κ2) is 4.67. The molecule has 90 valence electrons. The van der Waals surface area contributed by atoms with Gasteiger partial charge in [-0.1, -0.05) is 30.3 Å². The fraction of sp³-hybridized carbons (Fsp3) is 0.133. The van der Waals surface area contributed by atoms with Crippen molar-refractivity contribution in [2.24, 2.45) is 0 Å². The summed E-state index contributed by atoms with van der Waals surface area (Å²) < 4.78 is 0. The van der Waals surface area contributed by atoms with Crippen molar-refractivity contribution in [1.29, 1.82) is 0 Å². The van der Waals surface area contributed by atoms with Gasteiger partial charge in [0.1, 0.15) is 5.01 Å². The number of aromatic nitrogens is 1. The van der Waals surface area contributed by atoms with Crippen LogP contribution in [0, 0.1) is 13.8 Å². The van der Waals surface area contributed by atoms with Crippen LogP contribution in [0.4, 0.5) is 0 Å². The number of nitrogens with zero attached hydrogens (tertiary/aromatic N) is 1. The van der Waals surface area contributed by atoms with Crippen molar-refractivity contribution in [2.45, 2.75) is 13.8 Å². The van der Waals surface area contributed by atoms with Crippen molar-refractivity contribution in [3.63, 3.8) is 0 Å². The second-order valence-corrected chi connectivity index (χ2v) is 6.55. The van der Waals surface area contributed by atoms with Crippen LogP contribution in [0.25, 0.3) is 21.8 Å². The predicted molar refractivity (Wildman–Crippen MR) is 80.3 cm³/mol. The Bertz CT molecular complexity index is 665. The molecule has 2 aromatic heterocycles. The Morgan fingerprint density at radius 3 is 2.50 bits per heavy atom.